The molecule has 1 saturated heterocycles. The van der Waals surface area contributed by atoms with Crippen LogP contribution in [0.2, 0.25) is 0 Å². The monoisotopic (exact) mass is 348 g/mol. The summed E-state index contributed by atoms with van der Waals surface area (Å²) in [5.41, 5.74) is -0.850. The second-order valence-electron chi connectivity index (χ2n) is 4.83. The van der Waals surface area contributed by atoms with Crippen LogP contribution in [-0.2, 0) is 14.8 Å². The molecule has 9 nitrogen and oxygen atoms in total. The Labute approximate surface area is 130 Å². The van der Waals surface area contributed by atoms with Gasteiger partial charge in [0.2, 0.25) is 15.8 Å². The zero-order valence-corrected chi connectivity index (χ0v) is 12.7. The number of rotatable bonds is 5. The smallest absolute Gasteiger partial charge is 0.322 e. The van der Waals surface area contributed by atoms with E-state index in [9.17, 15) is 27.7 Å². The van der Waals surface area contributed by atoms with Gasteiger partial charge < -0.3 is 9.84 Å². The summed E-state index contributed by atoms with van der Waals surface area (Å²) in [6.45, 7) is -0.0548. The molecule has 0 aromatic heterocycles. The summed E-state index contributed by atoms with van der Waals surface area (Å²) < 4.78 is 44.2. The molecule has 0 bridgehead atoms. The number of carboxylic acid groups (broad SMARTS) is 1. The standard InChI is InChI=1S/C12H13FN2O7S/c1-22-11-8(13)5-7(6-10(11)15(18)19)23(20,21)14-4-2-3-9(14)12(16)17/h5-6,9H,2-4H2,1H3,(H,16,17)/t9-/m1/s1. The van der Waals surface area contributed by atoms with Gasteiger partial charge in [0, 0.05) is 12.6 Å². The molecule has 1 aromatic rings. The molecule has 1 N–H and O–H groups in total. The third kappa shape index (κ3) is 2.97. The van der Waals surface area contributed by atoms with Gasteiger partial charge in [0.25, 0.3) is 0 Å². The lowest BCUT2D eigenvalue weighted by Gasteiger charge is -2.21. The van der Waals surface area contributed by atoms with E-state index < -0.39 is 49.1 Å². The number of nitrogens with zero attached hydrogens (tertiary/aromatic N) is 2. The van der Waals surface area contributed by atoms with E-state index in [0.717, 1.165) is 7.11 Å². The number of benzene rings is 1. The third-order valence-electron chi connectivity index (χ3n) is 3.49. The summed E-state index contributed by atoms with van der Waals surface area (Å²) in [4.78, 5) is 20.4. The Kier molecular flexibility index (Phi) is 4.52. The summed E-state index contributed by atoms with van der Waals surface area (Å²) in [5, 5.41) is 20.0. The van der Waals surface area contributed by atoms with Gasteiger partial charge in [-0.15, -0.1) is 0 Å². The molecule has 0 unspecified atom stereocenters. The van der Waals surface area contributed by atoms with Crippen LogP contribution >= 0.6 is 0 Å². The maximum Gasteiger partial charge on any atom is 0.322 e. The summed E-state index contributed by atoms with van der Waals surface area (Å²) >= 11 is 0. The van der Waals surface area contributed by atoms with E-state index in [0.29, 0.717) is 22.9 Å². The molecule has 11 heteroatoms. The van der Waals surface area contributed by atoms with E-state index in [4.69, 9.17) is 5.11 Å². The van der Waals surface area contributed by atoms with Gasteiger partial charge in [0.15, 0.2) is 5.82 Å². The van der Waals surface area contributed by atoms with Crippen molar-refractivity contribution in [2.45, 2.75) is 23.8 Å². The van der Waals surface area contributed by atoms with Crippen molar-refractivity contribution in [2.24, 2.45) is 0 Å². The van der Waals surface area contributed by atoms with Crippen molar-refractivity contribution in [2.75, 3.05) is 13.7 Å². The molecule has 23 heavy (non-hydrogen) atoms. The molecular formula is C12H13FN2O7S. The topological polar surface area (TPSA) is 127 Å². The van der Waals surface area contributed by atoms with E-state index in [1.54, 1.807) is 0 Å². The van der Waals surface area contributed by atoms with Gasteiger partial charge in [-0.25, -0.2) is 12.8 Å². The number of carboxylic acids is 1. The maximum atomic E-state index is 13.9. The zero-order valence-electron chi connectivity index (χ0n) is 11.9. The lowest BCUT2D eigenvalue weighted by Crippen LogP contribution is -2.40. The number of hydrogen-bond acceptors (Lipinski definition) is 6. The first kappa shape index (κ1) is 17.1. The summed E-state index contributed by atoms with van der Waals surface area (Å²) in [6, 6.07) is -0.0309. The average molecular weight is 348 g/mol. The Hall–Kier alpha value is -2.27. The van der Waals surface area contributed by atoms with Gasteiger partial charge in [-0.1, -0.05) is 0 Å². The Balaban J connectivity index is 2.57. The minimum absolute atomic E-state index is 0.0548. The van der Waals surface area contributed by atoms with Crippen LogP contribution in [0.15, 0.2) is 17.0 Å². The van der Waals surface area contributed by atoms with E-state index in [-0.39, 0.29) is 13.0 Å². The first-order valence-corrected chi connectivity index (χ1v) is 7.90. The highest BCUT2D eigenvalue weighted by molar-refractivity contribution is 7.89. The van der Waals surface area contributed by atoms with Crippen molar-refractivity contribution >= 4 is 21.7 Å². The number of nitro groups is 1. The van der Waals surface area contributed by atoms with Gasteiger partial charge in [0.1, 0.15) is 6.04 Å². The lowest BCUT2D eigenvalue weighted by molar-refractivity contribution is -0.386. The van der Waals surface area contributed by atoms with Gasteiger partial charge in [-0.2, -0.15) is 4.31 Å². The van der Waals surface area contributed by atoms with Crippen LogP contribution in [0.1, 0.15) is 12.8 Å². The number of halogens is 1. The molecule has 2 rings (SSSR count). The Morgan fingerprint density at radius 3 is 2.70 bits per heavy atom. The van der Waals surface area contributed by atoms with Gasteiger partial charge in [0.05, 0.1) is 16.9 Å². The fraction of sp³-hybridized carbons (Fsp3) is 0.417. The normalized spacial score (nSPS) is 18.8. The van der Waals surface area contributed by atoms with Crippen LogP contribution in [0.25, 0.3) is 0 Å². The molecule has 1 aliphatic heterocycles. The first-order valence-electron chi connectivity index (χ1n) is 6.46. The molecule has 1 aliphatic rings. The predicted octanol–water partition coefficient (Wildman–Crippen LogP) is 0.980. The maximum absolute atomic E-state index is 13.9. The van der Waals surface area contributed by atoms with E-state index in [1.165, 1.54) is 0 Å². The molecule has 1 aromatic carbocycles. The van der Waals surface area contributed by atoms with Gasteiger partial charge in [-0.05, 0) is 18.9 Å². The Morgan fingerprint density at radius 2 is 2.17 bits per heavy atom. The molecule has 0 saturated carbocycles. The molecule has 0 radical (unpaired) electrons. The zero-order chi connectivity index (χ0) is 17.4. The van der Waals surface area contributed by atoms with Crippen molar-refractivity contribution < 1.29 is 32.4 Å². The third-order valence-corrected chi connectivity index (χ3v) is 5.38. The number of sulfonamides is 1. The Bertz CT molecular complexity index is 765. The average Bonchev–Trinajstić information content (AvgIpc) is 2.96. The number of hydrogen-bond donors (Lipinski definition) is 1. The van der Waals surface area contributed by atoms with Crippen LogP contribution in [0.3, 0.4) is 0 Å². The second-order valence-corrected chi connectivity index (χ2v) is 6.72. The molecule has 0 amide bonds. The summed E-state index contributed by atoms with van der Waals surface area (Å²) in [5.74, 6) is -3.23. The quantitative estimate of drug-likeness (QED) is 0.620. The summed E-state index contributed by atoms with van der Waals surface area (Å²) in [7, 11) is -3.37. The van der Waals surface area contributed by atoms with Crippen LogP contribution in [0, 0.1) is 15.9 Å². The molecule has 1 fully saturated rings. The van der Waals surface area contributed by atoms with Crippen LogP contribution in [-0.4, -0.2) is 48.4 Å². The number of aliphatic carboxylic acids is 1. The van der Waals surface area contributed by atoms with E-state index in [1.807, 2.05) is 0 Å². The van der Waals surface area contributed by atoms with E-state index in [2.05, 4.69) is 4.74 Å². The van der Waals surface area contributed by atoms with Gasteiger partial charge in [-0.3, -0.25) is 14.9 Å². The Morgan fingerprint density at radius 1 is 1.52 bits per heavy atom. The first-order chi connectivity index (χ1) is 10.7. The predicted molar refractivity (Wildman–Crippen MR) is 74.2 cm³/mol. The minimum Gasteiger partial charge on any atom is -0.488 e. The second kappa shape index (κ2) is 6.08. The van der Waals surface area contributed by atoms with Crippen molar-refractivity contribution in [3.63, 3.8) is 0 Å². The number of methoxy groups -OCH3 is 1. The van der Waals surface area contributed by atoms with Crippen molar-refractivity contribution in [1.82, 2.24) is 4.31 Å². The highest BCUT2D eigenvalue weighted by atomic mass is 32.2. The largest absolute Gasteiger partial charge is 0.488 e. The minimum atomic E-state index is -4.38. The molecule has 1 heterocycles. The fourth-order valence-corrected chi connectivity index (χ4v) is 4.14. The molecular weight excluding hydrogens is 335 g/mol. The van der Waals surface area contributed by atoms with Crippen LogP contribution in [0.5, 0.6) is 5.75 Å². The SMILES string of the molecule is COc1c(F)cc(S(=O)(=O)N2CCC[C@@H]2C(=O)O)cc1[N+](=O)[O-]. The molecule has 0 aliphatic carbocycles. The molecule has 126 valence electrons. The van der Waals surface area contributed by atoms with Crippen molar-refractivity contribution in [1.29, 1.82) is 0 Å². The van der Waals surface area contributed by atoms with Crippen molar-refractivity contribution in [3.8, 4) is 5.75 Å². The van der Waals surface area contributed by atoms with E-state index >= 15 is 0 Å². The highest BCUT2D eigenvalue weighted by Gasteiger charge is 2.40. The molecule has 0 spiro atoms. The number of ether oxygens (including phenoxy) is 1. The lowest BCUT2D eigenvalue weighted by atomic mass is 10.2. The number of nitro benzene ring substituents is 1. The summed E-state index contributed by atoms with van der Waals surface area (Å²) in [6.07, 6.45) is 0.451. The van der Waals surface area contributed by atoms with Gasteiger partial charge >= 0.3 is 11.7 Å². The highest BCUT2D eigenvalue weighted by Crippen LogP contribution is 2.35. The van der Waals surface area contributed by atoms with Crippen molar-refractivity contribution in [3.05, 3.63) is 28.1 Å². The molecule has 1 atom stereocenters. The number of carbonyl (C=O) groups is 1. The fourth-order valence-electron chi connectivity index (χ4n) is 2.45. The van der Waals surface area contributed by atoms with Crippen LogP contribution in [0.4, 0.5) is 10.1 Å². The van der Waals surface area contributed by atoms with Crippen LogP contribution < -0.4 is 4.74 Å².